The van der Waals surface area contributed by atoms with Gasteiger partial charge < -0.3 is 14.7 Å². The maximum Gasteiger partial charge on any atom is 0.225 e. The van der Waals surface area contributed by atoms with E-state index in [0.29, 0.717) is 18.4 Å². The van der Waals surface area contributed by atoms with E-state index in [1.807, 2.05) is 23.1 Å². The van der Waals surface area contributed by atoms with Crippen LogP contribution in [0.25, 0.3) is 0 Å². The molecule has 136 valence electrons. The maximum absolute atomic E-state index is 12.5. The minimum atomic E-state index is -0.162. The van der Waals surface area contributed by atoms with Gasteiger partial charge in [-0.2, -0.15) is 0 Å². The normalized spacial score (nSPS) is 29.5. The zero-order valence-corrected chi connectivity index (χ0v) is 15.0. The number of likely N-dealkylation sites (tertiary alicyclic amines) is 2. The van der Waals surface area contributed by atoms with Gasteiger partial charge in [0.15, 0.2) is 0 Å². The highest BCUT2D eigenvalue weighted by atomic mass is 16.5. The van der Waals surface area contributed by atoms with Crippen LogP contribution >= 0.6 is 0 Å². The van der Waals surface area contributed by atoms with Gasteiger partial charge in [0.1, 0.15) is 5.75 Å². The SMILES string of the molecule is COc1ccccc1CN1CC[C@H]2CN(C(=O)C3CC3)C[C@@]2(CO)C1. The largest absolute Gasteiger partial charge is 0.496 e. The lowest BCUT2D eigenvalue weighted by Crippen LogP contribution is -2.50. The van der Waals surface area contributed by atoms with Crippen LogP contribution < -0.4 is 4.74 Å². The number of hydrogen-bond acceptors (Lipinski definition) is 4. The van der Waals surface area contributed by atoms with Crippen molar-refractivity contribution in [2.24, 2.45) is 17.3 Å². The fraction of sp³-hybridized carbons (Fsp3) is 0.650. The van der Waals surface area contributed by atoms with E-state index in [9.17, 15) is 9.90 Å². The van der Waals surface area contributed by atoms with Crippen molar-refractivity contribution < 1.29 is 14.6 Å². The van der Waals surface area contributed by atoms with Crippen molar-refractivity contribution >= 4 is 5.91 Å². The summed E-state index contributed by atoms with van der Waals surface area (Å²) in [5.74, 6) is 1.92. The minimum Gasteiger partial charge on any atom is -0.496 e. The molecule has 2 aliphatic heterocycles. The second-order valence-corrected chi connectivity index (χ2v) is 8.02. The van der Waals surface area contributed by atoms with E-state index < -0.39 is 0 Å². The summed E-state index contributed by atoms with van der Waals surface area (Å²) in [7, 11) is 1.71. The summed E-state index contributed by atoms with van der Waals surface area (Å²) < 4.78 is 5.48. The van der Waals surface area contributed by atoms with Crippen LogP contribution in [-0.2, 0) is 11.3 Å². The number of aliphatic hydroxyl groups is 1. The Morgan fingerprint density at radius 3 is 2.80 bits per heavy atom. The molecule has 5 heteroatoms. The molecule has 0 aromatic heterocycles. The third-order valence-electron chi connectivity index (χ3n) is 6.28. The molecule has 2 atom stereocenters. The molecule has 0 spiro atoms. The molecule has 25 heavy (non-hydrogen) atoms. The van der Waals surface area contributed by atoms with Gasteiger partial charge in [-0.25, -0.2) is 0 Å². The van der Waals surface area contributed by atoms with Crippen LogP contribution in [0.4, 0.5) is 0 Å². The number of nitrogens with zero attached hydrogens (tertiary/aromatic N) is 2. The molecule has 3 aliphatic rings. The molecule has 5 nitrogen and oxygen atoms in total. The van der Waals surface area contributed by atoms with E-state index in [0.717, 1.165) is 51.2 Å². The van der Waals surface area contributed by atoms with Crippen molar-refractivity contribution in [2.45, 2.75) is 25.8 Å². The molecule has 1 aliphatic carbocycles. The molecule has 1 amide bonds. The zero-order chi connectivity index (χ0) is 17.4. The smallest absolute Gasteiger partial charge is 0.225 e. The molecule has 1 aromatic rings. The number of carbonyl (C=O) groups excluding carboxylic acids is 1. The monoisotopic (exact) mass is 344 g/mol. The number of para-hydroxylation sites is 1. The molecule has 0 unspecified atom stereocenters. The lowest BCUT2D eigenvalue weighted by molar-refractivity contribution is -0.132. The van der Waals surface area contributed by atoms with Gasteiger partial charge in [0, 0.05) is 43.1 Å². The topological polar surface area (TPSA) is 53.0 Å². The summed E-state index contributed by atoms with van der Waals surface area (Å²) in [6.45, 7) is 4.39. The van der Waals surface area contributed by atoms with Crippen LogP contribution in [0.2, 0.25) is 0 Å². The van der Waals surface area contributed by atoms with Gasteiger partial charge in [0.05, 0.1) is 13.7 Å². The number of carbonyl (C=O) groups is 1. The number of methoxy groups -OCH3 is 1. The van der Waals surface area contributed by atoms with Gasteiger partial charge in [0.25, 0.3) is 0 Å². The first-order chi connectivity index (χ1) is 12.1. The maximum atomic E-state index is 12.5. The zero-order valence-electron chi connectivity index (χ0n) is 15.0. The Bertz CT molecular complexity index is 646. The molecule has 4 rings (SSSR count). The highest BCUT2D eigenvalue weighted by Gasteiger charge is 2.51. The number of amides is 1. The number of ether oxygens (including phenoxy) is 1. The summed E-state index contributed by atoms with van der Waals surface area (Å²) in [6.07, 6.45) is 3.14. The summed E-state index contributed by atoms with van der Waals surface area (Å²) in [5, 5.41) is 10.2. The van der Waals surface area contributed by atoms with Gasteiger partial charge >= 0.3 is 0 Å². The van der Waals surface area contributed by atoms with Crippen molar-refractivity contribution in [1.29, 1.82) is 0 Å². The molecule has 0 radical (unpaired) electrons. The summed E-state index contributed by atoms with van der Waals surface area (Å²) in [6, 6.07) is 8.13. The summed E-state index contributed by atoms with van der Waals surface area (Å²) in [5.41, 5.74) is 1.02. The lowest BCUT2D eigenvalue weighted by atomic mass is 9.74. The Morgan fingerprint density at radius 2 is 2.08 bits per heavy atom. The molecule has 1 N–H and O–H groups in total. The van der Waals surface area contributed by atoms with Crippen LogP contribution in [0.5, 0.6) is 5.75 Å². The van der Waals surface area contributed by atoms with Gasteiger partial charge in [-0.3, -0.25) is 9.69 Å². The molecular weight excluding hydrogens is 316 g/mol. The Balaban J connectivity index is 1.47. The van der Waals surface area contributed by atoms with Crippen molar-refractivity contribution in [2.75, 3.05) is 39.9 Å². The first kappa shape index (κ1) is 16.9. The Hall–Kier alpha value is -1.59. The van der Waals surface area contributed by atoms with Crippen LogP contribution in [0.15, 0.2) is 24.3 Å². The van der Waals surface area contributed by atoms with Gasteiger partial charge in [-0.05, 0) is 37.8 Å². The molecule has 3 fully saturated rings. The third-order valence-corrected chi connectivity index (χ3v) is 6.28. The van der Waals surface area contributed by atoms with E-state index >= 15 is 0 Å². The lowest BCUT2D eigenvalue weighted by Gasteiger charge is -2.43. The molecule has 2 heterocycles. The second-order valence-electron chi connectivity index (χ2n) is 8.02. The summed E-state index contributed by atoms with van der Waals surface area (Å²) in [4.78, 5) is 16.9. The van der Waals surface area contributed by atoms with Gasteiger partial charge in [-0.1, -0.05) is 18.2 Å². The first-order valence-corrected chi connectivity index (χ1v) is 9.39. The Labute approximate surface area is 149 Å². The standard InChI is InChI=1S/C20H28N2O3/c1-25-18-5-3-2-4-16(18)10-21-9-8-17-11-22(19(24)15-6-7-15)13-20(17,12-21)14-23/h2-5,15,17,23H,6-14H2,1H3/t17-,20+/m0/s1. The highest BCUT2D eigenvalue weighted by molar-refractivity contribution is 5.81. The molecular formula is C20H28N2O3. The average Bonchev–Trinajstić information content (AvgIpc) is 3.42. The number of piperidine rings is 1. The first-order valence-electron chi connectivity index (χ1n) is 9.39. The molecule has 0 bridgehead atoms. The molecule has 1 saturated carbocycles. The van der Waals surface area contributed by atoms with Crippen molar-refractivity contribution in [3.8, 4) is 5.75 Å². The van der Waals surface area contributed by atoms with Crippen LogP contribution in [0.3, 0.4) is 0 Å². The Kier molecular flexibility index (Phi) is 4.46. The average molecular weight is 344 g/mol. The van der Waals surface area contributed by atoms with Crippen molar-refractivity contribution in [3.05, 3.63) is 29.8 Å². The van der Waals surface area contributed by atoms with Crippen molar-refractivity contribution in [1.82, 2.24) is 9.80 Å². The number of rotatable bonds is 5. The minimum absolute atomic E-state index is 0.161. The quantitative estimate of drug-likeness (QED) is 0.884. The molecule has 2 saturated heterocycles. The van der Waals surface area contributed by atoms with Gasteiger partial charge in [-0.15, -0.1) is 0 Å². The molecule has 1 aromatic carbocycles. The summed E-state index contributed by atoms with van der Waals surface area (Å²) >= 11 is 0. The van der Waals surface area contributed by atoms with Crippen LogP contribution in [0, 0.1) is 17.3 Å². The van der Waals surface area contributed by atoms with Gasteiger partial charge in [0.2, 0.25) is 5.91 Å². The van der Waals surface area contributed by atoms with Crippen LogP contribution in [-0.4, -0.2) is 60.7 Å². The number of benzene rings is 1. The third kappa shape index (κ3) is 3.15. The second kappa shape index (κ2) is 6.61. The fourth-order valence-electron chi connectivity index (χ4n) is 4.67. The van der Waals surface area contributed by atoms with Crippen LogP contribution in [0.1, 0.15) is 24.8 Å². The van der Waals surface area contributed by atoms with E-state index in [1.165, 1.54) is 5.56 Å². The van der Waals surface area contributed by atoms with Crippen molar-refractivity contribution in [3.63, 3.8) is 0 Å². The highest BCUT2D eigenvalue weighted by Crippen LogP contribution is 2.44. The van der Waals surface area contributed by atoms with E-state index in [-0.39, 0.29) is 17.9 Å². The van der Waals surface area contributed by atoms with E-state index in [2.05, 4.69) is 11.0 Å². The van der Waals surface area contributed by atoms with E-state index in [4.69, 9.17) is 4.74 Å². The predicted molar refractivity (Wildman–Crippen MR) is 95.2 cm³/mol. The number of hydrogen-bond donors (Lipinski definition) is 1. The van der Waals surface area contributed by atoms with E-state index in [1.54, 1.807) is 7.11 Å². The number of aliphatic hydroxyl groups excluding tert-OH is 1. The number of fused-ring (bicyclic) bond motifs is 1. The fourth-order valence-corrected chi connectivity index (χ4v) is 4.67. The predicted octanol–water partition coefficient (Wildman–Crippen LogP) is 1.75. The Morgan fingerprint density at radius 1 is 1.28 bits per heavy atom.